The Labute approximate surface area is 200 Å². The number of carbonyl (C=O) groups excluding carboxylic acids is 1. The molecular formula is C27H45N3O3. The van der Waals surface area contributed by atoms with Crippen molar-refractivity contribution in [3.8, 4) is 0 Å². The number of carboxylic acid groups (broad SMARTS) is 1. The molecule has 1 aromatic rings. The molecule has 0 spiro atoms. The number of carbonyl (C=O) groups is 2. The number of benzene rings is 1. The second-order valence-electron chi connectivity index (χ2n) is 11.0. The van der Waals surface area contributed by atoms with Gasteiger partial charge in [0.1, 0.15) is 0 Å². The Morgan fingerprint density at radius 1 is 1.09 bits per heavy atom. The second-order valence-corrected chi connectivity index (χ2v) is 11.0. The molecule has 33 heavy (non-hydrogen) atoms. The van der Waals surface area contributed by atoms with Gasteiger partial charge in [0.15, 0.2) is 0 Å². The van der Waals surface area contributed by atoms with E-state index in [0.717, 1.165) is 0 Å². The third-order valence-corrected chi connectivity index (χ3v) is 6.61. The Morgan fingerprint density at radius 3 is 2.06 bits per heavy atom. The Hall–Kier alpha value is -2.18. The SMILES string of the molecule is CN[C@H](CN[C@H](C(=O)N(C)[C@H](C=C(C)C(=O)O)C(C)C)C(C)(C)C)C(C)(C)c1ccccc1. The molecule has 3 N–H and O–H groups in total. The number of hydrogen-bond donors (Lipinski definition) is 3. The summed E-state index contributed by atoms with van der Waals surface area (Å²) in [4.78, 5) is 26.7. The molecule has 1 amide bonds. The summed E-state index contributed by atoms with van der Waals surface area (Å²) in [5.74, 6) is -0.925. The van der Waals surface area contributed by atoms with Crippen LogP contribution in [-0.2, 0) is 15.0 Å². The number of carboxylic acids is 1. The van der Waals surface area contributed by atoms with Crippen molar-refractivity contribution in [1.29, 1.82) is 0 Å². The van der Waals surface area contributed by atoms with Gasteiger partial charge in [-0.2, -0.15) is 0 Å². The lowest BCUT2D eigenvalue weighted by atomic mass is 9.77. The van der Waals surface area contributed by atoms with Crippen LogP contribution in [0.4, 0.5) is 0 Å². The van der Waals surface area contributed by atoms with Crippen molar-refractivity contribution in [1.82, 2.24) is 15.5 Å². The summed E-state index contributed by atoms with van der Waals surface area (Å²) in [6, 6.07) is 9.74. The minimum absolute atomic E-state index is 0.0389. The zero-order valence-electron chi connectivity index (χ0n) is 22.2. The van der Waals surface area contributed by atoms with Crippen LogP contribution in [0.5, 0.6) is 0 Å². The first-order valence-corrected chi connectivity index (χ1v) is 11.8. The van der Waals surface area contributed by atoms with Crippen molar-refractivity contribution in [2.45, 2.75) is 78.9 Å². The van der Waals surface area contributed by atoms with Gasteiger partial charge in [-0.05, 0) is 30.9 Å². The highest BCUT2D eigenvalue weighted by Crippen LogP contribution is 2.28. The maximum atomic E-state index is 13.7. The first-order valence-electron chi connectivity index (χ1n) is 11.8. The highest BCUT2D eigenvalue weighted by atomic mass is 16.4. The fourth-order valence-electron chi connectivity index (χ4n) is 4.22. The average Bonchev–Trinajstić information content (AvgIpc) is 2.73. The zero-order valence-corrected chi connectivity index (χ0v) is 22.2. The van der Waals surface area contributed by atoms with Gasteiger partial charge in [0.05, 0.1) is 12.1 Å². The smallest absolute Gasteiger partial charge is 0.331 e. The Bertz CT molecular complexity index is 810. The van der Waals surface area contributed by atoms with Gasteiger partial charge in [0.2, 0.25) is 5.91 Å². The van der Waals surface area contributed by atoms with Crippen LogP contribution >= 0.6 is 0 Å². The highest BCUT2D eigenvalue weighted by molar-refractivity contribution is 5.86. The molecule has 0 bridgehead atoms. The quantitative estimate of drug-likeness (QED) is 0.435. The van der Waals surface area contributed by atoms with E-state index in [4.69, 9.17) is 0 Å². The van der Waals surface area contributed by atoms with E-state index in [9.17, 15) is 14.7 Å². The minimum atomic E-state index is -0.966. The van der Waals surface area contributed by atoms with Crippen LogP contribution in [0.25, 0.3) is 0 Å². The minimum Gasteiger partial charge on any atom is -0.478 e. The van der Waals surface area contributed by atoms with Gasteiger partial charge in [-0.15, -0.1) is 0 Å². The van der Waals surface area contributed by atoms with Crippen molar-refractivity contribution in [3.05, 3.63) is 47.5 Å². The molecule has 3 atom stereocenters. The van der Waals surface area contributed by atoms with Gasteiger partial charge < -0.3 is 20.6 Å². The van der Waals surface area contributed by atoms with Crippen molar-refractivity contribution >= 4 is 11.9 Å². The number of hydrogen-bond acceptors (Lipinski definition) is 4. The average molecular weight is 460 g/mol. The van der Waals surface area contributed by atoms with Crippen LogP contribution < -0.4 is 10.6 Å². The number of nitrogens with zero attached hydrogens (tertiary/aromatic N) is 1. The molecule has 0 aliphatic carbocycles. The third kappa shape index (κ3) is 7.68. The van der Waals surface area contributed by atoms with Crippen LogP contribution in [0, 0.1) is 11.3 Å². The standard InChI is InChI=1S/C27H45N3O3/c1-18(2)21(16-19(3)25(32)33)30(10)24(31)23(26(4,5)6)29-17-22(28-9)27(7,8)20-14-12-11-13-15-20/h11-16,18,21-23,28-29H,17H2,1-10H3,(H,32,33)/t21-,22-,23-/m1/s1. The maximum absolute atomic E-state index is 13.7. The van der Waals surface area contributed by atoms with Gasteiger partial charge in [0.25, 0.3) is 0 Å². The van der Waals surface area contributed by atoms with E-state index in [1.165, 1.54) is 5.56 Å². The molecule has 186 valence electrons. The van der Waals surface area contributed by atoms with E-state index in [1.54, 1.807) is 24.9 Å². The third-order valence-electron chi connectivity index (χ3n) is 6.61. The highest BCUT2D eigenvalue weighted by Gasteiger charge is 2.37. The van der Waals surface area contributed by atoms with E-state index in [1.807, 2.05) is 39.1 Å². The van der Waals surface area contributed by atoms with Gasteiger partial charge in [0, 0.05) is 30.6 Å². The van der Waals surface area contributed by atoms with Crippen LogP contribution in [0.3, 0.4) is 0 Å². The molecule has 1 aromatic carbocycles. The van der Waals surface area contributed by atoms with Crippen molar-refractivity contribution < 1.29 is 14.7 Å². The van der Waals surface area contributed by atoms with Gasteiger partial charge in [-0.25, -0.2) is 4.79 Å². The lowest BCUT2D eigenvalue weighted by Gasteiger charge is -2.40. The number of likely N-dealkylation sites (N-methyl/N-ethyl adjacent to an activating group) is 2. The zero-order chi connectivity index (χ0) is 25.6. The Morgan fingerprint density at radius 2 is 1.64 bits per heavy atom. The number of rotatable bonds is 11. The molecule has 0 saturated heterocycles. The number of nitrogens with one attached hydrogen (secondary N) is 2. The van der Waals surface area contributed by atoms with E-state index in [2.05, 4.69) is 57.4 Å². The van der Waals surface area contributed by atoms with E-state index >= 15 is 0 Å². The summed E-state index contributed by atoms with van der Waals surface area (Å²) in [5.41, 5.74) is 1.00. The molecule has 1 rings (SSSR count). The van der Waals surface area contributed by atoms with E-state index in [-0.39, 0.29) is 40.3 Å². The fourth-order valence-corrected chi connectivity index (χ4v) is 4.22. The van der Waals surface area contributed by atoms with Crippen molar-refractivity contribution in [2.75, 3.05) is 20.6 Å². The molecule has 0 saturated carbocycles. The first kappa shape index (κ1) is 28.9. The van der Waals surface area contributed by atoms with Crippen LogP contribution in [0.1, 0.15) is 61.0 Å². The summed E-state index contributed by atoms with van der Waals surface area (Å²) in [5, 5.41) is 16.3. The molecule has 0 aromatic heterocycles. The lowest BCUT2D eigenvalue weighted by molar-refractivity contribution is -0.137. The molecule has 0 fully saturated rings. The summed E-state index contributed by atoms with van der Waals surface area (Å²) < 4.78 is 0. The summed E-state index contributed by atoms with van der Waals surface area (Å²) >= 11 is 0. The van der Waals surface area contributed by atoms with Crippen LogP contribution in [-0.4, -0.2) is 60.6 Å². The summed E-state index contributed by atoms with van der Waals surface area (Å²) in [7, 11) is 3.72. The fraction of sp³-hybridized carbons (Fsp3) is 0.630. The van der Waals surface area contributed by atoms with E-state index < -0.39 is 12.0 Å². The van der Waals surface area contributed by atoms with Gasteiger partial charge >= 0.3 is 5.97 Å². The van der Waals surface area contributed by atoms with Crippen LogP contribution in [0.15, 0.2) is 42.0 Å². The lowest BCUT2D eigenvalue weighted by Crippen LogP contribution is -2.59. The molecule has 0 heterocycles. The van der Waals surface area contributed by atoms with Gasteiger partial charge in [-0.3, -0.25) is 4.79 Å². The summed E-state index contributed by atoms with van der Waals surface area (Å²) in [6.07, 6.45) is 1.68. The van der Waals surface area contributed by atoms with Crippen molar-refractivity contribution in [2.24, 2.45) is 11.3 Å². The number of amides is 1. The molecule has 6 nitrogen and oxygen atoms in total. The Kier molecular flexibility index (Phi) is 10.3. The van der Waals surface area contributed by atoms with Crippen LogP contribution in [0.2, 0.25) is 0 Å². The van der Waals surface area contributed by atoms with E-state index in [0.29, 0.717) is 6.54 Å². The predicted octanol–water partition coefficient (Wildman–Crippen LogP) is 4.07. The predicted molar refractivity (Wildman–Crippen MR) is 136 cm³/mol. The number of aliphatic carboxylic acids is 1. The van der Waals surface area contributed by atoms with Crippen molar-refractivity contribution in [3.63, 3.8) is 0 Å². The first-order chi connectivity index (χ1) is 15.1. The monoisotopic (exact) mass is 459 g/mol. The topological polar surface area (TPSA) is 81.7 Å². The molecule has 6 heteroatoms. The Balaban J connectivity index is 3.15. The van der Waals surface area contributed by atoms with Gasteiger partial charge in [-0.1, -0.05) is 84.9 Å². The molecule has 0 unspecified atom stereocenters. The normalized spacial score (nSPS) is 15.8. The molecule has 0 radical (unpaired) electrons. The molecular weight excluding hydrogens is 414 g/mol. The summed E-state index contributed by atoms with van der Waals surface area (Å²) in [6.45, 7) is 16.7. The maximum Gasteiger partial charge on any atom is 0.331 e. The molecule has 0 aliphatic rings. The second kappa shape index (κ2) is 11.8. The largest absolute Gasteiger partial charge is 0.478 e. The molecule has 0 aliphatic heterocycles.